The number of urea groups is 1. The first-order chi connectivity index (χ1) is 18.1. The zero-order chi connectivity index (χ0) is 26.9. The summed E-state index contributed by atoms with van der Waals surface area (Å²) in [6, 6.07) is 9.25. The topological polar surface area (TPSA) is 129 Å². The van der Waals surface area contributed by atoms with Gasteiger partial charge in [-0.05, 0) is 69.0 Å². The van der Waals surface area contributed by atoms with Gasteiger partial charge in [0.15, 0.2) is 0 Å². The minimum Gasteiger partial charge on any atom is -0.338 e. The van der Waals surface area contributed by atoms with Gasteiger partial charge in [-0.25, -0.2) is 9.59 Å². The van der Waals surface area contributed by atoms with Gasteiger partial charge in [0.2, 0.25) is 5.91 Å². The number of carbonyl (C=O) groups excluding carboxylic acids is 2. The Morgan fingerprint density at radius 3 is 2.39 bits per heavy atom. The molecule has 3 fully saturated rings. The highest BCUT2D eigenvalue weighted by molar-refractivity contribution is 5.89. The highest BCUT2D eigenvalue weighted by atomic mass is 16.2. The number of hydrogen-bond acceptors (Lipinski definition) is 7. The summed E-state index contributed by atoms with van der Waals surface area (Å²) in [5.74, 6) is 0.0563. The van der Waals surface area contributed by atoms with Crippen LogP contribution in [0.4, 0.5) is 10.6 Å². The molecule has 1 aromatic heterocycles. The smallest absolute Gasteiger partial charge is 0.338 e. The minimum absolute atomic E-state index is 0.137. The van der Waals surface area contributed by atoms with Crippen molar-refractivity contribution in [1.82, 2.24) is 29.6 Å². The predicted molar refractivity (Wildman–Crippen MR) is 145 cm³/mol. The molecule has 204 valence electrons. The van der Waals surface area contributed by atoms with Gasteiger partial charge in [0.05, 0.1) is 11.2 Å². The van der Waals surface area contributed by atoms with E-state index in [0.29, 0.717) is 31.6 Å². The summed E-state index contributed by atoms with van der Waals surface area (Å²) in [6.07, 6.45) is 4.14. The minimum atomic E-state index is -0.942. The Morgan fingerprint density at radius 1 is 1.05 bits per heavy atom. The highest BCUT2D eigenvalue weighted by Crippen LogP contribution is 2.36. The maximum Gasteiger partial charge on any atom is 0.354 e. The molecule has 0 bridgehead atoms. The number of anilines is 1. The van der Waals surface area contributed by atoms with E-state index in [1.807, 2.05) is 12.1 Å². The lowest BCUT2D eigenvalue weighted by Crippen LogP contribution is -2.58. The van der Waals surface area contributed by atoms with Gasteiger partial charge in [-0.1, -0.05) is 12.1 Å². The van der Waals surface area contributed by atoms with Crippen molar-refractivity contribution in [3.63, 3.8) is 0 Å². The third kappa shape index (κ3) is 5.74. The Balaban J connectivity index is 1.15. The second-order valence-corrected chi connectivity index (χ2v) is 11.5. The maximum absolute atomic E-state index is 12.7. The van der Waals surface area contributed by atoms with Gasteiger partial charge in [-0.3, -0.25) is 19.6 Å². The van der Waals surface area contributed by atoms with E-state index < -0.39 is 11.2 Å². The predicted octanol–water partition coefficient (Wildman–Crippen LogP) is 0.831. The Hall–Kier alpha value is -3.28. The molecule has 3 saturated heterocycles. The number of piperazine rings is 1. The number of nitrogens with two attached hydrogens (primary N) is 1. The lowest BCUT2D eigenvalue weighted by Gasteiger charge is -2.37. The molecular formula is C27H38N8O3. The van der Waals surface area contributed by atoms with Crippen LogP contribution in [-0.2, 0) is 11.3 Å². The monoisotopic (exact) mass is 522 g/mol. The molecule has 11 nitrogen and oxygen atoms in total. The second-order valence-electron chi connectivity index (χ2n) is 11.5. The maximum atomic E-state index is 12.7. The van der Waals surface area contributed by atoms with E-state index in [0.717, 1.165) is 38.4 Å². The summed E-state index contributed by atoms with van der Waals surface area (Å²) in [4.78, 5) is 47.6. The van der Waals surface area contributed by atoms with Gasteiger partial charge < -0.3 is 20.9 Å². The first-order valence-electron chi connectivity index (χ1n) is 13.4. The van der Waals surface area contributed by atoms with Crippen LogP contribution in [0.1, 0.15) is 32.3 Å². The van der Waals surface area contributed by atoms with E-state index in [4.69, 9.17) is 5.73 Å². The molecule has 11 heteroatoms. The molecule has 1 aromatic carbocycles. The average Bonchev–Trinajstić information content (AvgIpc) is 3.52. The first-order valence-corrected chi connectivity index (χ1v) is 13.4. The van der Waals surface area contributed by atoms with E-state index in [-0.39, 0.29) is 17.8 Å². The zero-order valence-electron chi connectivity index (χ0n) is 22.3. The van der Waals surface area contributed by atoms with Crippen molar-refractivity contribution in [2.45, 2.75) is 38.8 Å². The van der Waals surface area contributed by atoms with Crippen LogP contribution < -0.4 is 22.1 Å². The third-order valence-electron chi connectivity index (χ3n) is 7.91. The molecule has 0 saturated carbocycles. The van der Waals surface area contributed by atoms with Crippen molar-refractivity contribution in [1.29, 1.82) is 0 Å². The number of rotatable bonds is 5. The fourth-order valence-corrected chi connectivity index (χ4v) is 5.70. The van der Waals surface area contributed by atoms with Crippen molar-refractivity contribution < 1.29 is 9.59 Å². The van der Waals surface area contributed by atoms with Crippen LogP contribution in [-0.4, -0.2) is 94.1 Å². The molecular weight excluding hydrogens is 484 g/mol. The van der Waals surface area contributed by atoms with Crippen LogP contribution >= 0.6 is 0 Å². The average molecular weight is 523 g/mol. The van der Waals surface area contributed by atoms with Gasteiger partial charge in [-0.2, -0.15) is 4.98 Å². The molecule has 4 N–H and O–H groups in total. The van der Waals surface area contributed by atoms with E-state index in [2.05, 4.69) is 32.7 Å². The summed E-state index contributed by atoms with van der Waals surface area (Å²) in [5.41, 5.74) is 6.90. The molecule has 38 heavy (non-hydrogen) atoms. The second kappa shape index (κ2) is 10.5. The van der Waals surface area contributed by atoms with Crippen LogP contribution in [0, 0.1) is 5.41 Å². The van der Waals surface area contributed by atoms with Crippen LogP contribution in [0.25, 0.3) is 5.69 Å². The molecule has 1 atom stereocenters. The number of nitrogens with one attached hydrogen (secondary N) is 2. The number of benzene rings is 1. The lowest BCUT2D eigenvalue weighted by atomic mass is 9.86. The van der Waals surface area contributed by atoms with Gasteiger partial charge in [0, 0.05) is 52.0 Å². The molecule has 3 amide bonds. The number of aromatic nitrogens is 2. The van der Waals surface area contributed by atoms with Crippen LogP contribution in [0.15, 0.2) is 41.3 Å². The molecule has 5 rings (SSSR count). The quantitative estimate of drug-likeness (QED) is 0.531. The molecule has 4 heterocycles. The first kappa shape index (κ1) is 26.3. The van der Waals surface area contributed by atoms with Crippen molar-refractivity contribution in [3.05, 3.63) is 52.6 Å². The van der Waals surface area contributed by atoms with Crippen LogP contribution in [0.2, 0.25) is 0 Å². The summed E-state index contributed by atoms with van der Waals surface area (Å²) in [7, 11) is 0. The summed E-state index contributed by atoms with van der Waals surface area (Å²) in [6.45, 7) is 10.4. The van der Waals surface area contributed by atoms with Gasteiger partial charge in [0.1, 0.15) is 5.82 Å². The Bertz CT molecular complexity index is 1220. The van der Waals surface area contributed by atoms with Gasteiger partial charge in [0.25, 0.3) is 0 Å². The van der Waals surface area contributed by atoms with Gasteiger partial charge >= 0.3 is 11.7 Å². The summed E-state index contributed by atoms with van der Waals surface area (Å²) >= 11 is 0. The summed E-state index contributed by atoms with van der Waals surface area (Å²) in [5, 5.41) is 6.20. The normalized spacial score (nSPS) is 22.3. The van der Waals surface area contributed by atoms with E-state index in [9.17, 15) is 14.4 Å². The molecule has 0 radical (unpaired) electrons. The fourth-order valence-electron chi connectivity index (χ4n) is 5.70. The van der Waals surface area contributed by atoms with E-state index in [1.54, 1.807) is 35.9 Å². The molecule has 3 aliphatic rings. The van der Waals surface area contributed by atoms with Crippen molar-refractivity contribution in [2.24, 2.45) is 11.1 Å². The zero-order valence-corrected chi connectivity index (χ0v) is 22.3. The highest BCUT2D eigenvalue weighted by Gasteiger charge is 2.40. The molecule has 0 aliphatic carbocycles. The number of carbonyl (C=O) groups is 2. The van der Waals surface area contributed by atoms with Gasteiger partial charge in [-0.15, -0.1) is 0 Å². The molecule has 1 spiro atoms. The van der Waals surface area contributed by atoms with E-state index >= 15 is 0 Å². The van der Waals surface area contributed by atoms with Crippen LogP contribution in [0.3, 0.4) is 0 Å². The SMILES string of the molecule is CC(C)(N)C(=O)N1CCN(C(=O)Nc2ccn(-c3ccc(CN4CCC5(CCNC5)C4)cc3)c(=O)n2)CC1. The standard InChI is InChI=1S/C27H38N8O3/c1-26(2,28)23(36)33-13-15-34(16-14-33)24(37)30-22-7-11-35(25(38)31-22)21-5-3-20(4-6-21)17-32-12-9-27(19-32)8-10-29-18-27/h3-7,11,29H,8-10,12-19,28H2,1-2H3,(H,30,31,37,38). The molecule has 3 aliphatic heterocycles. The molecule has 2 aromatic rings. The largest absolute Gasteiger partial charge is 0.354 e. The number of hydrogen-bond donors (Lipinski definition) is 3. The number of amides is 3. The Morgan fingerprint density at radius 2 is 1.76 bits per heavy atom. The van der Waals surface area contributed by atoms with E-state index in [1.165, 1.54) is 23.0 Å². The third-order valence-corrected chi connectivity index (χ3v) is 7.91. The Labute approximate surface area is 223 Å². The fraction of sp³-hybridized carbons (Fsp3) is 0.556. The number of nitrogens with zero attached hydrogens (tertiary/aromatic N) is 5. The lowest BCUT2D eigenvalue weighted by molar-refractivity contribution is -0.137. The van der Waals surface area contributed by atoms with Crippen molar-refractivity contribution in [3.8, 4) is 5.69 Å². The number of likely N-dealkylation sites (tertiary alicyclic amines) is 1. The van der Waals surface area contributed by atoms with Crippen molar-refractivity contribution >= 4 is 17.8 Å². The van der Waals surface area contributed by atoms with Crippen molar-refractivity contribution in [2.75, 3.05) is 57.7 Å². The van der Waals surface area contributed by atoms with Crippen LogP contribution in [0.5, 0.6) is 0 Å². The summed E-state index contributed by atoms with van der Waals surface area (Å²) < 4.78 is 1.47. The Kier molecular flexibility index (Phi) is 7.26. The molecule has 1 unspecified atom stereocenters.